The molecule has 20 heavy (non-hydrogen) atoms. The molecule has 1 aliphatic heterocycles. The van der Waals surface area contributed by atoms with Crippen LogP contribution in [0.15, 0.2) is 23.1 Å². The molecule has 0 saturated carbocycles. The van der Waals surface area contributed by atoms with Crippen molar-refractivity contribution in [3.05, 3.63) is 28.3 Å². The Morgan fingerprint density at radius 3 is 2.50 bits per heavy atom. The summed E-state index contributed by atoms with van der Waals surface area (Å²) in [5.74, 6) is 0. The third kappa shape index (κ3) is 3.24. The molecule has 0 atom stereocenters. The maximum absolute atomic E-state index is 12.2. The van der Waals surface area contributed by atoms with Crippen LogP contribution < -0.4 is 10.6 Å². The molecule has 0 radical (unpaired) electrons. The van der Waals surface area contributed by atoms with Gasteiger partial charge in [0.1, 0.15) is 5.69 Å². The molecule has 0 bridgehead atoms. The van der Waals surface area contributed by atoms with Crippen LogP contribution in [0.2, 0.25) is 0 Å². The first-order valence-corrected chi connectivity index (χ1v) is 7.70. The van der Waals surface area contributed by atoms with E-state index in [1.807, 2.05) is 0 Å². The number of hydrogen-bond donors (Lipinski definition) is 2. The van der Waals surface area contributed by atoms with Gasteiger partial charge in [0.15, 0.2) is 0 Å². The van der Waals surface area contributed by atoms with Crippen LogP contribution in [-0.4, -0.2) is 31.4 Å². The Labute approximate surface area is 116 Å². The lowest BCUT2D eigenvalue weighted by atomic mass is 10.2. The number of nitrogens with one attached hydrogen (secondary N) is 1. The molecule has 2 rings (SSSR count). The molecule has 0 unspecified atom stereocenters. The van der Waals surface area contributed by atoms with Crippen molar-refractivity contribution in [2.45, 2.75) is 24.2 Å². The lowest BCUT2D eigenvalue weighted by Gasteiger charge is -2.26. The highest BCUT2D eigenvalue weighted by atomic mass is 32.2. The Hall–Kier alpha value is -1.71. The number of hydrazine groups is 1. The highest BCUT2D eigenvalue weighted by Gasteiger charge is 2.23. The van der Waals surface area contributed by atoms with E-state index in [2.05, 4.69) is 4.83 Å². The second kappa shape index (κ2) is 5.73. The van der Waals surface area contributed by atoms with Crippen LogP contribution in [0.5, 0.6) is 0 Å². The highest BCUT2D eigenvalue weighted by Crippen LogP contribution is 2.24. The van der Waals surface area contributed by atoms with Crippen molar-refractivity contribution in [3.63, 3.8) is 0 Å². The molecule has 0 aliphatic carbocycles. The second-order valence-electron chi connectivity index (χ2n) is 4.62. The van der Waals surface area contributed by atoms with E-state index in [9.17, 15) is 18.5 Å². The van der Waals surface area contributed by atoms with Crippen LogP contribution in [0.25, 0.3) is 0 Å². The van der Waals surface area contributed by atoms with Crippen molar-refractivity contribution in [3.8, 4) is 0 Å². The fourth-order valence-corrected chi connectivity index (χ4v) is 3.20. The average Bonchev–Trinajstić information content (AvgIpc) is 2.39. The molecule has 0 amide bonds. The van der Waals surface area contributed by atoms with Crippen molar-refractivity contribution < 1.29 is 13.3 Å². The molecule has 1 saturated heterocycles. The first-order valence-electron chi connectivity index (χ1n) is 6.21. The Morgan fingerprint density at radius 2 is 1.90 bits per heavy atom. The van der Waals surface area contributed by atoms with E-state index in [0.717, 1.165) is 25.3 Å². The molecule has 8 nitrogen and oxygen atoms in total. The SMILES string of the molecule is Nc1ccc(S(=O)(=O)NN2CCCCC2)cc1[N+](=O)[O-]. The van der Waals surface area contributed by atoms with Gasteiger partial charge in [0.2, 0.25) is 0 Å². The summed E-state index contributed by atoms with van der Waals surface area (Å²) in [6.07, 6.45) is 2.92. The third-order valence-electron chi connectivity index (χ3n) is 3.11. The number of rotatable bonds is 4. The smallest absolute Gasteiger partial charge is 0.293 e. The molecule has 1 aromatic carbocycles. The van der Waals surface area contributed by atoms with Crippen molar-refractivity contribution >= 4 is 21.4 Å². The predicted molar refractivity (Wildman–Crippen MR) is 73.3 cm³/mol. The number of sulfonamides is 1. The van der Waals surface area contributed by atoms with Gasteiger partial charge in [-0.05, 0) is 25.0 Å². The van der Waals surface area contributed by atoms with E-state index in [1.54, 1.807) is 5.01 Å². The van der Waals surface area contributed by atoms with Crippen molar-refractivity contribution in [2.24, 2.45) is 0 Å². The minimum atomic E-state index is -3.82. The van der Waals surface area contributed by atoms with Gasteiger partial charge in [0, 0.05) is 19.2 Å². The van der Waals surface area contributed by atoms with Gasteiger partial charge in [-0.15, -0.1) is 4.83 Å². The van der Waals surface area contributed by atoms with Crippen molar-refractivity contribution in [2.75, 3.05) is 18.8 Å². The van der Waals surface area contributed by atoms with Gasteiger partial charge in [-0.2, -0.15) is 0 Å². The maximum atomic E-state index is 12.2. The molecule has 110 valence electrons. The number of piperidine rings is 1. The van der Waals surface area contributed by atoms with E-state index >= 15 is 0 Å². The Bertz CT molecular complexity index is 611. The molecule has 3 N–H and O–H groups in total. The number of nitrogens with two attached hydrogens (primary N) is 1. The number of anilines is 1. The van der Waals surface area contributed by atoms with Crippen LogP contribution >= 0.6 is 0 Å². The van der Waals surface area contributed by atoms with Crippen molar-refractivity contribution in [1.29, 1.82) is 0 Å². The Morgan fingerprint density at radius 1 is 1.25 bits per heavy atom. The number of nitrogen functional groups attached to an aromatic ring is 1. The fourth-order valence-electron chi connectivity index (χ4n) is 2.06. The Balaban J connectivity index is 2.24. The Kier molecular flexibility index (Phi) is 4.21. The largest absolute Gasteiger partial charge is 0.393 e. The quantitative estimate of drug-likeness (QED) is 0.483. The van der Waals surface area contributed by atoms with Crippen LogP contribution in [-0.2, 0) is 10.0 Å². The molecule has 1 fully saturated rings. The average molecular weight is 300 g/mol. The second-order valence-corrected chi connectivity index (χ2v) is 6.28. The molecule has 1 aliphatic rings. The maximum Gasteiger partial charge on any atom is 0.293 e. The lowest BCUT2D eigenvalue weighted by molar-refractivity contribution is -0.384. The number of nitro groups is 1. The first kappa shape index (κ1) is 14.7. The molecular weight excluding hydrogens is 284 g/mol. The molecule has 0 aromatic heterocycles. The minimum Gasteiger partial charge on any atom is -0.393 e. The monoisotopic (exact) mass is 300 g/mol. The molecular formula is C11H16N4O4S. The number of nitrogens with zero attached hydrogens (tertiary/aromatic N) is 2. The van der Waals surface area contributed by atoms with Crippen LogP contribution in [0.1, 0.15) is 19.3 Å². The summed E-state index contributed by atoms with van der Waals surface area (Å²) >= 11 is 0. The van der Waals surface area contributed by atoms with Gasteiger partial charge in [0.05, 0.1) is 9.82 Å². The third-order valence-corrected chi connectivity index (χ3v) is 4.49. The summed E-state index contributed by atoms with van der Waals surface area (Å²) in [6, 6.07) is 3.46. The van der Waals surface area contributed by atoms with Gasteiger partial charge in [-0.25, -0.2) is 13.4 Å². The van der Waals surface area contributed by atoms with Crippen LogP contribution in [0.3, 0.4) is 0 Å². The van der Waals surface area contributed by atoms with Gasteiger partial charge in [-0.3, -0.25) is 10.1 Å². The zero-order valence-electron chi connectivity index (χ0n) is 10.8. The summed E-state index contributed by atoms with van der Waals surface area (Å²) in [7, 11) is -3.82. The molecule has 1 aromatic rings. The van der Waals surface area contributed by atoms with Gasteiger partial charge in [0.25, 0.3) is 15.7 Å². The summed E-state index contributed by atoms with van der Waals surface area (Å²) in [4.78, 5) is 12.4. The van der Waals surface area contributed by atoms with E-state index in [-0.39, 0.29) is 10.6 Å². The highest BCUT2D eigenvalue weighted by molar-refractivity contribution is 7.89. The lowest BCUT2D eigenvalue weighted by Crippen LogP contribution is -2.44. The molecule has 9 heteroatoms. The summed E-state index contributed by atoms with van der Waals surface area (Å²) in [5, 5.41) is 12.4. The topological polar surface area (TPSA) is 119 Å². The normalized spacial score (nSPS) is 17.0. The summed E-state index contributed by atoms with van der Waals surface area (Å²) < 4.78 is 24.3. The number of benzene rings is 1. The van der Waals surface area contributed by atoms with E-state index < -0.39 is 20.6 Å². The van der Waals surface area contributed by atoms with Gasteiger partial charge < -0.3 is 5.73 Å². The predicted octanol–water partition coefficient (Wildman–Crippen LogP) is 0.856. The standard InChI is InChI=1S/C11H16N4O4S/c12-10-5-4-9(8-11(10)15(16)17)20(18,19)13-14-6-2-1-3-7-14/h4-5,8,13H,1-3,6-7,12H2. The van der Waals surface area contributed by atoms with Crippen LogP contribution in [0, 0.1) is 10.1 Å². The zero-order valence-corrected chi connectivity index (χ0v) is 11.6. The zero-order chi connectivity index (χ0) is 14.8. The fraction of sp³-hybridized carbons (Fsp3) is 0.455. The van der Waals surface area contributed by atoms with E-state index in [4.69, 9.17) is 5.73 Å². The summed E-state index contributed by atoms with van der Waals surface area (Å²) in [6.45, 7) is 1.27. The number of hydrogen-bond acceptors (Lipinski definition) is 6. The van der Waals surface area contributed by atoms with Gasteiger partial charge in [-0.1, -0.05) is 6.42 Å². The molecule has 0 spiro atoms. The van der Waals surface area contributed by atoms with E-state index in [1.165, 1.54) is 12.1 Å². The minimum absolute atomic E-state index is 0.0630. The first-order chi connectivity index (χ1) is 9.40. The number of nitro benzene ring substituents is 1. The summed E-state index contributed by atoms with van der Waals surface area (Å²) in [5.41, 5.74) is 4.98. The van der Waals surface area contributed by atoms with Gasteiger partial charge >= 0.3 is 0 Å². The molecule has 1 heterocycles. The van der Waals surface area contributed by atoms with Crippen molar-refractivity contribution in [1.82, 2.24) is 9.84 Å². The van der Waals surface area contributed by atoms with E-state index in [0.29, 0.717) is 13.1 Å². The van der Waals surface area contributed by atoms with Crippen LogP contribution in [0.4, 0.5) is 11.4 Å².